The lowest BCUT2D eigenvalue weighted by atomic mass is 10.2. The molecule has 0 radical (unpaired) electrons. The molecule has 0 saturated carbocycles. The van der Waals surface area contributed by atoms with E-state index in [1.54, 1.807) is 6.20 Å². The van der Waals surface area contributed by atoms with Gasteiger partial charge in [-0.05, 0) is 13.0 Å². The van der Waals surface area contributed by atoms with Gasteiger partial charge in [0.2, 0.25) is 0 Å². The number of hydrogen-bond donors (Lipinski definition) is 2. The van der Waals surface area contributed by atoms with E-state index in [1.165, 1.54) is 0 Å². The Bertz CT molecular complexity index is 277. The first kappa shape index (κ1) is 5.53. The van der Waals surface area contributed by atoms with Crippen LogP contribution in [0.25, 0.3) is 0 Å². The summed E-state index contributed by atoms with van der Waals surface area (Å²) in [4.78, 5) is 13.9. The molecule has 0 aliphatic carbocycles. The molecule has 1 amide bonds. The van der Waals surface area contributed by atoms with E-state index in [4.69, 9.17) is 0 Å². The number of amides is 1. The number of aromatic nitrogens is 1. The van der Waals surface area contributed by atoms with Gasteiger partial charge in [0.25, 0.3) is 5.91 Å². The van der Waals surface area contributed by atoms with E-state index in [-0.39, 0.29) is 11.9 Å². The maximum atomic E-state index is 11.0. The van der Waals surface area contributed by atoms with E-state index in [0.717, 1.165) is 5.56 Å². The minimum atomic E-state index is 0.00694. The van der Waals surface area contributed by atoms with Gasteiger partial charge in [-0.1, -0.05) is 0 Å². The largest absolute Gasteiger partial charge is 0.357 e. The van der Waals surface area contributed by atoms with Gasteiger partial charge in [0, 0.05) is 11.8 Å². The van der Waals surface area contributed by atoms with Crippen LogP contribution in [-0.4, -0.2) is 10.9 Å². The molecule has 1 aliphatic rings. The molecule has 2 heterocycles. The average Bonchev–Trinajstić information content (AvgIpc) is 2.39. The van der Waals surface area contributed by atoms with Crippen molar-refractivity contribution in [1.29, 1.82) is 0 Å². The Kier molecular flexibility index (Phi) is 0.897. The number of nitrogens with one attached hydrogen (secondary N) is 2. The summed E-state index contributed by atoms with van der Waals surface area (Å²) in [5.41, 5.74) is 1.79. The second-order valence-corrected chi connectivity index (χ2v) is 2.50. The number of H-pyrrole nitrogens is 1. The van der Waals surface area contributed by atoms with Crippen molar-refractivity contribution in [3.63, 3.8) is 0 Å². The number of rotatable bonds is 0. The third-order valence-corrected chi connectivity index (χ3v) is 1.82. The average molecular weight is 136 g/mol. The highest BCUT2D eigenvalue weighted by Gasteiger charge is 2.25. The lowest BCUT2D eigenvalue weighted by Crippen LogP contribution is -2.17. The predicted molar refractivity (Wildman–Crippen MR) is 36.7 cm³/mol. The normalized spacial score (nSPS) is 22.5. The number of carbonyl (C=O) groups is 1. The molecule has 2 rings (SSSR count). The quantitative estimate of drug-likeness (QED) is 0.545. The van der Waals surface area contributed by atoms with Gasteiger partial charge < -0.3 is 10.3 Å². The first-order valence-corrected chi connectivity index (χ1v) is 3.27. The smallest absolute Gasteiger partial charge is 0.268 e. The molecule has 1 atom stereocenters. The van der Waals surface area contributed by atoms with Gasteiger partial charge in [0.1, 0.15) is 5.69 Å². The summed E-state index contributed by atoms with van der Waals surface area (Å²) in [5, 5.41) is 2.79. The molecule has 0 fully saturated rings. The Morgan fingerprint density at radius 1 is 1.60 bits per heavy atom. The summed E-state index contributed by atoms with van der Waals surface area (Å²) in [7, 11) is 0. The van der Waals surface area contributed by atoms with Gasteiger partial charge in [-0.3, -0.25) is 4.79 Å². The van der Waals surface area contributed by atoms with Crippen molar-refractivity contribution in [2.45, 2.75) is 13.0 Å². The second-order valence-electron chi connectivity index (χ2n) is 2.50. The van der Waals surface area contributed by atoms with Crippen LogP contribution in [-0.2, 0) is 0 Å². The Morgan fingerprint density at radius 3 is 3.10 bits per heavy atom. The highest BCUT2D eigenvalue weighted by Crippen LogP contribution is 2.22. The molecular formula is C7H8N2O. The maximum absolute atomic E-state index is 11.0. The summed E-state index contributed by atoms with van der Waals surface area (Å²) >= 11 is 0. The van der Waals surface area contributed by atoms with Gasteiger partial charge >= 0.3 is 0 Å². The molecule has 1 aliphatic heterocycles. The molecule has 3 nitrogen and oxygen atoms in total. The summed E-state index contributed by atoms with van der Waals surface area (Å²) in [6.07, 6.45) is 1.79. The van der Waals surface area contributed by atoms with Gasteiger partial charge in [-0.15, -0.1) is 0 Å². The van der Waals surface area contributed by atoms with Crippen molar-refractivity contribution < 1.29 is 4.79 Å². The molecule has 0 bridgehead atoms. The van der Waals surface area contributed by atoms with Crippen LogP contribution in [0.1, 0.15) is 29.0 Å². The molecule has 1 unspecified atom stereocenters. The van der Waals surface area contributed by atoms with Crippen molar-refractivity contribution >= 4 is 5.91 Å². The molecule has 1 aromatic rings. The molecule has 52 valence electrons. The van der Waals surface area contributed by atoms with Gasteiger partial charge in [-0.25, -0.2) is 0 Å². The number of aromatic amines is 1. The lowest BCUT2D eigenvalue weighted by Gasteiger charge is -1.99. The highest BCUT2D eigenvalue weighted by molar-refractivity contribution is 5.97. The fourth-order valence-electron chi connectivity index (χ4n) is 1.29. The third-order valence-electron chi connectivity index (χ3n) is 1.82. The standard InChI is InChI=1S/C7H8N2O/c1-4-5-2-3-8-6(5)7(10)9-4/h2-4,8H,1H3,(H,9,10). The van der Waals surface area contributed by atoms with E-state index in [2.05, 4.69) is 10.3 Å². The Labute approximate surface area is 58.4 Å². The SMILES string of the molecule is CC1NC(=O)c2[nH]ccc21. The monoisotopic (exact) mass is 136 g/mol. The molecule has 3 heteroatoms. The number of hydrogen-bond acceptors (Lipinski definition) is 1. The van der Waals surface area contributed by atoms with E-state index >= 15 is 0 Å². The zero-order valence-electron chi connectivity index (χ0n) is 5.64. The van der Waals surface area contributed by atoms with Crippen molar-refractivity contribution in [3.05, 3.63) is 23.5 Å². The molecule has 10 heavy (non-hydrogen) atoms. The fraction of sp³-hybridized carbons (Fsp3) is 0.286. The third kappa shape index (κ3) is 0.518. The molecule has 0 aromatic carbocycles. The van der Waals surface area contributed by atoms with Crippen molar-refractivity contribution in [1.82, 2.24) is 10.3 Å². The molecule has 2 N–H and O–H groups in total. The Morgan fingerprint density at radius 2 is 2.40 bits per heavy atom. The van der Waals surface area contributed by atoms with Gasteiger partial charge in [0.15, 0.2) is 0 Å². The van der Waals surface area contributed by atoms with E-state index in [0.29, 0.717) is 5.69 Å². The van der Waals surface area contributed by atoms with Crippen LogP contribution in [0, 0.1) is 0 Å². The fourth-order valence-corrected chi connectivity index (χ4v) is 1.29. The first-order valence-electron chi connectivity index (χ1n) is 3.27. The van der Waals surface area contributed by atoms with E-state index < -0.39 is 0 Å². The van der Waals surface area contributed by atoms with Crippen LogP contribution in [0.4, 0.5) is 0 Å². The minimum absolute atomic E-state index is 0.00694. The van der Waals surface area contributed by atoms with Crippen LogP contribution in [0.5, 0.6) is 0 Å². The summed E-state index contributed by atoms with van der Waals surface area (Å²) in [5.74, 6) is 0.00694. The zero-order valence-corrected chi connectivity index (χ0v) is 5.64. The molecule has 0 spiro atoms. The van der Waals surface area contributed by atoms with E-state index in [9.17, 15) is 4.79 Å². The van der Waals surface area contributed by atoms with E-state index in [1.807, 2.05) is 13.0 Å². The first-order chi connectivity index (χ1) is 4.79. The number of carbonyl (C=O) groups excluding carboxylic acids is 1. The molecule has 0 saturated heterocycles. The van der Waals surface area contributed by atoms with Crippen LogP contribution in [0.2, 0.25) is 0 Å². The zero-order chi connectivity index (χ0) is 7.14. The molecular weight excluding hydrogens is 128 g/mol. The predicted octanol–water partition coefficient (Wildman–Crippen LogP) is 0.819. The van der Waals surface area contributed by atoms with Crippen LogP contribution in [0.15, 0.2) is 12.3 Å². The Hall–Kier alpha value is -1.25. The second kappa shape index (κ2) is 1.62. The Balaban J connectivity index is 2.58. The van der Waals surface area contributed by atoms with Crippen LogP contribution >= 0.6 is 0 Å². The van der Waals surface area contributed by atoms with Crippen LogP contribution < -0.4 is 5.32 Å². The van der Waals surface area contributed by atoms with Gasteiger partial charge in [-0.2, -0.15) is 0 Å². The van der Waals surface area contributed by atoms with Crippen LogP contribution in [0.3, 0.4) is 0 Å². The summed E-state index contributed by atoms with van der Waals surface area (Å²) in [6, 6.07) is 2.10. The molecule has 1 aromatic heterocycles. The highest BCUT2D eigenvalue weighted by atomic mass is 16.2. The summed E-state index contributed by atoms with van der Waals surface area (Å²) < 4.78 is 0. The topological polar surface area (TPSA) is 44.9 Å². The minimum Gasteiger partial charge on any atom is -0.357 e. The van der Waals surface area contributed by atoms with Crippen molar-refractivity contribution in [2.75, 3.05) is 0 Å². The number of fused-ring (bicyclic) bond motifs is 1. The summed E-state index contributed by atoms with van der Waals surface area (Å²) in [6.45, 7) is 1.97. The van der Waals surface area contributed by atoms with Gasteiger partial charge in [0.05, 0.1) is 6.04 Å². The maximum Gasteiger partial charge on any atom is 0.268 e. The van der Waals surface area contributed by atoms with Crippen molar-refractivity contribution in [3.8, 4) is 0 Å². The lowest BCUT2D eigenvalue weighted by molar-refractivity contribution is 0.0954. The van der Waals surface area contributed by atoms with Crippen molar-refractivity contribution in [2.24, 2.45) is 0 Å².